The highest BCUT2D eigenvalue weighted by atomic mass is 32.1. The average molecular weight is 230 g/mol. The van der Waals surface area contributed by atoms with Gasteiger partial charge in [-0.05, 0) is 18.1 Å². The normalized spacial score (nSPS) is 13.0. The fourth-order valence-electron chi connectivity index (χ4n) is 2.13. The highest BCUT2D eigenvalue weighted by molar-refractivity contribution is 7.80. The van der Waals surface area contributed by atoms with Crippen molar-refractivity contribution in [3.05, 3.63) is 0 Å². The highest BCUT2D eigenvalue weighted by Gasteiger charge is 2.05. The minimum atomic E-state index is 1.00. The molecule has 1 atom stereocenters. The molecule has 0 saturated heterocycles. The Morgan fingerprint density at radius 2 is 1.40 bits per heavy atom. The van der Waals surface area contributed by atoms with Crippen LogP contribution in [0.2, 0.25) is 0 Å². The van der Waals surface area contributed by atoms with Gasteiger partial charge in [-0.25, -0.2) is 0 Å². The third kappa shape index (κ3) is 10.6. The van der Waals surface area contributed by atoms with Crippen molar-refractivity contribution in [3.63, 3.8) is 0 Å². The fourth-order valence-corrected chi connectivity index (χ4v) is 2.36. The summed E-state index contributed by atoms with van der Waals surface area (Å²) in [4.78, 5) is 0. The molecular weight excluding hydrogens is 200 g/mol. The molecule has 15 heavy (non-hydrogen) atoms. The van der Waals surface area contributed by atoms with Crippen molar-refractivity contribution in [2.75, 3.05) is 5.75 Å². The number of hydrogen-bond donors (Lipinski definition) is 1. The van der Waals surface area contributed by atoms with Gasteiger partial charge in [0.05, 0.1) is 0 Å². The van der Waals surface area contributed by atoms with Crippen LogP contribution in [0.15, 0.2) is 0 Å². The smallest absolute Gasteiger partial charge is 0.00979 e. The summed E-state index contributed by atoms with van der Waals surface area (Å²) in [6.07, 6.45) is 14.1. The third-order valence-corrected chi connectivity index (χ3v) is 3.63. The van der Waals surface area contributed by atoms with Crippen molar-refractivity contribution in [2.45, 2.75) is 78.1 Å². The molecule has 0 radical (unpaired) electrons. The highest BCUT2D eigenvalue weighted by Crippen LogP contribution is 2.20. The molecule has 0 aliphatic carbocycles. The molecule has 0 aliphatic rings. The monoisotopic (exact) mass is 230 g/mol. The summed E-state index contributed by atoms with van der Waals surface area (Å²) in [5, 5.41) is 0. The maximum atomic E-state index is 4.25. The fraction of sp³-hybridized carbons (Fsp3) is 1.00. The van der Waals surface area contributed by atoms with Gasteiger partial charge in [0.25, 0.3) is 0 Å². The first-order valence-electron chi connectivity index (χ1n) is 6.96. The minimum absolute atomic E-state index is 1.00. The Kier molecular flexibility index (Phi) is 12.7. The van der Waals surface area contributed by atoms with E-state index in [9.17, 15) is 0 Å². The molecule has 0 heterocycles. The molecule has 0 aromatic rings. The second-order valence-electron chi connectivity index (χ2n) is 4.70. The maximum absolute atomic E-state index is 4.25. The van der Waals surface area contributed by atoms with Gasteiger partial charge in [-0.2, -0.15) is 12.6 Å². The Balaban J connectivity index is 3.29. The topological polar surface area (TPSA) is 0 Å². The second-order valence-corrected chi connectivity index (χ2v) is 5.14. The summed E-state index contributed by atoms with van der Waals surface area (Å²) in [5.74, 6) is 2.06. The lowest BCUT2D eigenvalue weighted by atomic mass is 9.93. The Morgan fingerprint density at radius 3 is 1.87 bits per heavy atom. The molecule has 0 aliphatic heterocycles. The van der Waals surface area contributed by atoms with Gasteiger partial charge >= 0.3 is 0 Å². The zero-order chi connectivity index (χ0) is 11.4. The van der Waals surface area contributed by atoms with E-state index in [1.165, 1.54) is 64.2 Å². The summed E-state index contributed by atoms with van der Waals surface area (Å²) < 4.78 is 0. The Morgan fingerprint density at radius 1 is 0.800 bits per heavy atom. The molecule has 0 nitrogen and oxygen atoms in total. The van der Waals surface area contributed by atoms with Crippen LogP contribution in [0.25, 0.3) is 0 Å². The van der Waals surface area contributed by atoms with Crippen LogP contribution in [0.5, 0.6) is 0 Å². The summed E-state index contributed by atoms with van der Waals surface area (Å²) in [6.45, 7) is 4.64. The number of hydrogen-bond acceptors (Lipinski definition) is 1. The van der Waals surface area contributed by atoms with E-state index in [4.69, 9.17) is 0 Å². The number of thiol groups is 1. The largest absolute Gasteiger partial charge is 0.179 e. The molecule has 1 unspecified atom stereocenters. The van der Waals surface area contributed by atoms with Crippen molar-refractivity contribution in [1.82, 2.24) is 0 Å². The number of unbranched alkanes of at least 4 members (excludes halogenated alkanes) is 5. The lowest BCUT2D eigenvalue weighted by Crippen LogP contribution is -1.99. The molecule has 0 bridgehead atoms. The zero-order valence-corrected chi connectivity index (χ0v) is 11.7. The number of rotatable bonds is 11. The molecule has 0 fully saturated rings. The van der Waals surface area contributed by atoms with Crippen molar-refractivity contribution < 1.29 is 0 Å². The standard InChI is InChI=1S/C14H30S/c1-3-5-6-8-11-14(4-2)12-9-7-10-13-15/h14-15H,3-13H2,1-2H3. The predicted molar refractivity (Wildman–Crippen MR) is 74.9 cm³/mol. The average Bonchev–Trinajstić information content (AvgIpc) is 2.27. The van der Waals surface area contributed by atoms with Gasteiger partial charge in [-0.3, -0.25) is 0 Å². The summed E-state index contributed by atoms with van der Waals surface area (Å²) in [7, 11) is 0. The molecular formula is C14H30S. The van der Waals surface area contributed by atoms with E-state index in [-0.39, 0.29) is 0 Å². The van der Waals surface area contributed by atoms with Crippen LogP contribution in [-0.2, 0) is 0 Å². The first-order valence-corrected chi connectivity index (χ1v) is 7.59. The Bertz CT molecular complexity index is 99.9. The van der Waals surface area contributed by atoms with Crippen LogP contribution in [0.4, 0.5) is 0 Å². The second kappa shape index (κ2) is 12.4. The SMILES string of the molecule is CCCCCCC(CC)CCCCCS. The summed E-state index contributed by atoms with van der Waals surface area (Å²) in [6, 6.07) is 0. The van der Waals surface area contributed by atoms with Crippen LogP contribution in [0.1, 0.15) is 78.1 Å². The van der Waals surface area contributed by atoms with Crippen LogP contribution >= 0.6 is 12.6 Å². The van der Waals surface area contributed by atoms with E-state index >= 15 is 0 Å². The molecule has 0 spiro atoms. The van der Waals surface area contributed by atoms with Crippen molar-refractivity contribution in [2.24, 2.45) is 5.92 Å². The summed E-state index contributed by atoms with van der Waals surface area (Å²) in [5.41, 5.74) is 0. The molecule has 0 saturated carbocycles. The lowest BCUT2D eigenvalue weighted by molar-refractivity contribution is 0.398. The van der Waals surface area contributed by atoms with Gasteiger partial charge < -0.3 is 0 Å². The van der Waals surface area contributed by atoms with E-state index in [1.54, 1.807) is 0 Å². The quantitative estimate of drug-likeness (QED) is 0.353. The zero-order valence-electron chi connectivity index (χ0n) is 10.8. The van der Waals surface area contributed by atoms with Gasteiger partial charge in [-0.1, -0.05) is 71.6 Å². The van der Waals surface area contributed by atoms with E-state index in [1.807, 2.05) is 0 Å². The van der Waals surface area contributed by atoms with Gasteiger partial charge in [0.2, 0.25) is 0 Å². The molecule has 0 aromatic carbocycles. The van der Waals surface area contributed by atoms with Crippen molar-refractivity contribution in [1.29, 1.82) is 0 Å². The van der Waals surface area contributed by atoms with E-state index in [2.05, 4.69) is 26.5 Å². The van der Waals surface area contributed by atoms with Crippen molar-refractivity contribution >= 4 is 12.6 Å². The molecule has 92 valence electrons. The maximum Gasteiger partial charge on any atom is -0.00979 e. The first kappa shape index (κ1) is 15.3. The Hall–Kier alpha value is 0.350. The molecule has 0 aromatic heterocycles. The van der Waals surface area contributed by atoms with Crippen LogP contribution in [-0.4, -0.2) is 5.75 Å². The van der Waals surface area contributed by atoms with Gasteiger partial charge in [0.15, 0.2) is 0 Å². The van der Waals surface area contributed by atoms with Gasteiger partial charge in [-0.15, -0.1) is 0 Å². The lowest BCUT2D eigenvalue weighted by Gasteiger charge is -2.14. The van der Waals surface area contributed by atoms with Crippen molar-refractivity contribution in [3.8, 4) is 0 Å². The van der Waals surface area contributed by atoms with Crippen LogP contribution in [0.3, 0.4) is 0 Å². The third-order valence-electron chi connectivity index (χ3n) is 3.31. The van der Waals surface area contributed by atoms with E-state index in [0.29, 0.717) is 0 Å². The van der Waals surface area contributed by atoms with Crippen LogP contribution < -0.4 is 0 Å². The predicted octanol–water partition coefficient (Wildman–Crippen LogP) is 5.47. The van der Waals surface area contributed by atoms with Gasteiger partial charge in [0, 0.05) is 0 Å². The summed E-state index contributed by atoms with van der Waals surface area (Å²) >= 11 is 4.25. The Labute approximate surface area is 103 Å². The molecule has 0 N–H and O–H groups in total. The van der Waals surface area contributed by atoms with E-state index in [0.717, 1.165) is 11.7 Å². The van der Waals surface area contributed by atoms with Gasteiger partial charge in [0.1, 0.15) is 0 Å². The van der Waals surface area contributed by atoms with Crippen LogP contribution in [0, 0.1) is 5.92 Å². The van der Waals surface area contributed by atoms with E-state index < -0.39 is 0 Å². The molecule has 0 amide bonds. The molecule has 1 heteroatoms. The minimum Gasteiger partial charge on any atom is -0.179 e. The first-order chi connectivity index (χ1) is 7.35. The molecule has 0 rings (SSSR count).